The number of nitrogens with zero attached hydrogens (tertiary/aromatic N) is 2. The van der Waals surface area contributed by atoms with Crippen molar-refractivity contribution in [2.45, 2.75) is 26.7 Å². The van der Waals surface area contributed by atoms with E-state index in [1.807, 2.05) is 12.1 Å². The van der Waals surface area contributed by atoms with Crippen molar-refractivity contribution < 1.29 is 9.53 Å². The Kier molecular flexibility index (Phi) is 7.37. The molecule has 5 nitrogen and oxygen atoms in total. The number of methoxy groups -OCH3 is 1. The molecule has 0 aliphatic carbocycles. The number of amides is 1. The molecule has 0 saturated carbocycles. The van der Waals surface area contributed by atoms with Gasteiger partial charge in [-0.1, -0.05) is 26.0 Å². The number of para-hydroxylation sites is 2. The van der Waals surface area contributed by atoms with Gasteiger partial charge in [-0.15, -0.1) is 0 Å². The highest BCUT2D eigenvalue weighted by Gasteiger charge is 2.20. The molecule has 1 aliphatic heterocycles. The van der Waals surface area contributed by atoms with Gasteiger partial charge >= 0.3 is 0 Å². The van der Waals surface area contributed by atoms with E-state index in [0.29, 0.717) is 0 Å². The van der Waals surface area contributed by atoms with Crippen LogP contribution in [0.15, 0.2) is 24.3 Å². The summed E-state index contributed by atoms with van der Waals surface area (Å²) in [7, 11) is 1.72. The normalized spacial score (nSPS) is 15.6. The van der Waals surface area contributed by atoms with Crippen LogP contribution in [0.25, 0.3) is 0 Å². The van der Waals surface area contributed by atoms with Crippen LogP contribution in [0.4, 0.5) is 5.69 Å². The maximum absolute atomic E-state index is 12.0. The molecule has 0 atom stereocenters. The van der Waals surface area contributed by atoms with Crippen molar-refractivity contribution in [3.05, 3.63) is 24.3 Å². The molecule has 1 aromatic carbocycles. The third-order valence-corrected chi connectivity index (χ3v) is 4.88. The monoisotopic (exact) mass is 333 g/mol. The standard InChI is InChI=1S/C19H31N3O2/c1-4-16(5-2)19(23)20-10-11-21-12-14-22(15-13-21)17-8-6-7-9-18(17)24-3/h6-9,16H,4-5,10-15H2,1-3H3,(H,20,23). The van der Waals surface area contributed by atoms with Crippen LogP contribution in [0.3, 0.4) is 0 Å². The molecule has 1 heterocycles. The fourth-order valence-corrected chi connectivity index (χ4v) is 3.24. The summed E-state index contributed by atoms with van der Waals surface area (Å²) in [4.78, 5) is 16.8. The summed E-state index contributed by atoms with van der Waals surface area (Å²) < 4.78 is 5.46. The molecule has 0 radical (unpaired) electrons. The first-order chi connectivity index (χ1) is 11.7. The summed E-state index contributed by atoms with van der Waals surface area (Å²) in [6.07, 6.45) is 1.83. The lowest BCUT2D eigenvalue weighted by molar-refractivity contribution is -0.125. The van der Waals surface area contributed by atoms with Gasteiger partial charge in [0.05, 0.1) is 12.8 Å². The van der Waals surface area contributed by atoms with E-state index in [4.69, 9.17) is 4.74 Å². The molecular weight excluding hydrogens is 302 g/mol. The first-order valence-electron chi connectivity index (χ1n) is 9.07. The lowest BCUT2D eigenvalue weighted by Crippen LogP contribution is -2.48. The number of piperazine rings is 1. The Hall–Kier alpha value is -1.75. The molecule has 2 rings (SSSR count). The zero-order valence-electron chi connectivity index (χ0n) is 15.3. The fourth-order valence-electron chi connectivity index (χ4n) is 3.24. The Morgan fingerprint density at radius 1 is 1.17 bits per heavy atom. The predicted octanol–water partition coefficient (Wildman–Crippen LogP) is 2.37. The summed E-state index contributed by atoms with van der Waals surface area (Å²) >= 11 is 0. The Labute approximate surface area is 146 Å². The molecule has 1 saturated heterocycles. The molecule has 24 heavy (non-hydrogen) atoms. The lowest BCUT2D eigenvalue weighted by Gasteiger charge is -2.36. The van der Waals surface area contributed by atoms with Crippen molar-refractivity contribution in [3.63, 3.8) is 0 Å². The third-order valence-electron chi connectivity index (χ3n) is 4.88. The van der Waals surface area contributed by atoms with Crippen LogP contribution < -0.4 is 15.0 Å². The number of nitrogens with one attached hydrogen (secondary N) is 1. The molecule has 1 amide bonds. The number of hydrogen-bond acceptors (Lipinski definition) is 4. The van der Waals surface area contributed by atoms with E-state index in [0.717, 1.165) is 57.9 Å². The van der Waals surface area contributed by atoms with Crippen molar-refractivity contribution in [2.24, 2.45) is 5.92 Å². The second-order valence-electron chi connectivity index (χ2n) is 6.30. The summed E-state index contributed by atoms with van der Waals surface area (Å²) in [5, 5.41) is 3.08. The molecule has 5 heteroatoms. The van der Waals surface area contributed by atoms with Gasteiger partial charge in [0.1, 0.15) is 5.75 Å². The Bertz CT molecular complexity index is 509. The van der Waals surface area contributed by atoms with Crippen LogP contribution in [0.2, 0.25) is 0 Å². The van der Waals surface area contributed by atoms with Crippen molar-refractivity contribution in [1.29, 1.82) is 0 Å². The molecule has 0 bridgehead atoms. The first-order valence-corrected chi connectivity index (χ1v) is 9.07. The minimum Gasteiger partial charge on any atom is -0.495 e. The summed E-state index contributed by atoms with van der Waals surface area (Å²) in [6.45, 7) is 9.81. The smallest absolute Gasteiger partial charge is 0.223 e. The molecule has 1 fully saturated rings. The average Bonchev–Trinajstić information content (AvgIpc) is 2.63. The molecule has 1 aliphatic rings. The molecule has 1 aromatic rings. The van der Waals surface area contributed by atoms with E-state index in [1.54, 1.807) is 7.11 Å². The Morgan fingerprint density at radius 3 is 2.46 bits per heavy atom. The second kappa shape index (κ2) is 9.52. The SMILES string of the molecule is CCC(CC)C(=O)NCCN1CCN(c2ccccc2OC)CC1. The largest absolute Gasteiger partial charge is 0.495 e. The average molecular weight is 333 g/mol. The zero-order valence-corrected chi connectivity index (χ0v) is 15.3. The highest BCUT2D eigenvalue weighted by molar-refractivity contribution is 5.78. The third kappa shape index (κ3) is 4.87. The maximum Gasteiger partial charge on any atom is 0.223 e. The topological polar surface area (TPSA) is 44.8 Å². The summed E-state index contributed by atoms with van der Waals surface area (Å²) in [6, 6.07) is 8.18. The van der Waals surface area contributed by atoms with E-state index in [9.17, 15) is 4.79 Å². The number of anilines is 1. The number of carbonyl (C=O) groups is 1. The number of benzene rings is 1. The minimum atomic E-state index is 0.160. The number of carbonyl (C=O) groups excluding carboxylic acids is 1. The molecular formula is C19H31N3O2. The van der Waals surface area contributed by atoms with Gasteiger partial charge < -0.3 is 15.0 Å². The van der Waals surface area contributed by atoms with Crippen molar-refractivity contribution in [3.8, 4) is 5.75 Å². The van der Waals surface area contributed by atoms with Gasteiger partial charge in [0, 0.05) is 45.2 Å². The Balaban J connectivity index is 1.74. The predicted molar refractivity (Wildman–Crippen MR) is 98.7 cm³/mol. The molecule has 1 N–H and O–H groups in total. The Morgan fingerprint density at radius 2 is 1.83 bits per heavy atom. The second-order valence-corrected chi connectivity index (χ2v) is 6.30. The van der Waals surface area contributed by atoms with Crippen LogP contribution in [-0.2, 0) is 4.79 Å². The summed E-state index contributed by atoms with van der Waals surface area (Å²) in [5.41, 5.74) is 1.17. The van der Waals surface area contributed by atoms with Gasteiger partial charge in [0.25, 0.3) is 0 Å². The van der Waals surface area contributed by atoms with Gasteiger partial charge in [0.2, 0.25) is 5.91 Å². The van der Waals surface area contributed by atoms with Crippen molar-refractivity contribution in [1.82, 2.24) is 10.2 Å². The van der Waals surface area contributed by atoms with Gasteiger partial charge in [-0.25, -0.2) is 0 Å². The van der Waals surface area contributed by atoms with Gasteiger partial charge in [-0.2, -0.15) is 0 Å². The van der Waals surface area contributed by atoms with Gasteiger partial charge in [-0.05, 0) is 25.0 Å². The van der Waals surface area contributed by atoms with Crippen LogP contribution in [0, 0.1) is 5.92 Å². The highest BCUT2D eigenvalue weighted by Crippen LogP contribution is 2.28. The molecule has 134 valence electrons. The van der Waals surface area contributed by atoms with Crippen LogP contribution in [-0.4, -0.2) is 57.2 Å². The number of ether oxygens (including phenoxy) is 1. The number of rotatable bonds is 8. The van der Waals surface area contributed by atoms with Crippen LogP contribution in [0.5, 0.6) is 5.75 Å². The lowest BCUT2D eigenvalue weighted by atomic mass is 10.0. The molecule has 0 unspecified atom stereocenters. The van der Waals surface area contributed by atoms with Crippen LogP contribution in [0.1, 0.15) is 26.7 Å². The highest BCUT2D eigenvalue weighted by atomic mass is 16.5. The fraction of sp³-hybridized carbons (Fsp3) is 0.632. The number of hydrogen-bond donors (Lipinski definition) is 1. The van der Waals surface area contributed by atoms with E-state index < -0.39 is 0 Å². The molecule has 0 aromatic heterocycles. The van der Waals surface area contributed by atoms with E-state index >= 15 is 0 Å². The minimum absolute atomic E-state index is 0.160. The first kappa shape index (κ1) is 18.6. The molecule has 0 spiro atoms. The van der Waals surface area contributed by atoms with Crippen molar-refractivity contribution in [2.75, 3.05) is 51.3 Å². The zero-order chi connectivity index (χ0) is 17.4. The van der Waals surface area contributed by atoms with E-state index in [-0.39, 0.29) is 11.8 Å². The van der Waals surface area contributed by atoms with Crippen LogP contribution >= 0.6 is 0 Å². The maximum atomic E-state index is 12.0. The van der Waals surface area contributed by atoms with Gasteiger partial charge in [0.15, 0.2) is 0 Å². The summed E-state index contributed by atoms with van der Waals surface area (Å²) in [5.74, 6) is 1.29. The van der Waals surface area contributed by atoms with E-state index in [1.165, 1.54) is 5.69 Å². The quantitative estimate of drug-likeness (QED) is 0.793. The van der Waals surface area contributed by atoms with Crippen molar-refractivity contribution >= 4 is 11.6 Å². The van der Waals surface area contributed by atoms with E-state index in [2.05, 4.69) is 41.1 Å². The van der Waals surface area contributed by atoms with Gasteiger partial charge in [-0.3, -0.25) is 9.69 Å².